The number of nitrogens with zero attached hydrogens (tertiary/aromatic N) is 3. The van der Waals surface area contributed by atoms with Gasteiger partial charge in [-0.3, -0.25) is 4.79 Å². The van der Waals surface area contributed by atoms with Crippen molar-refractivity contribution in [2.75, 3.05) is 18.1 Å². The summed E-state index contributed by atoms with van der Waals surface area (Å²) in [7, 11) is 1.56. The molecule has 1 rings (SSSR count). The van der Waals surface area contributed by atoms with Crippen molar-refractivity contribution >= 4 is 17.8 Å². The number of likely N-dealkylation sites (N-methyl/N-ethyl adjacent to an activating group) is 1. The van der Waals surface area contributed by atoms with Gasteiger partial charge in [-0.15, -0.1) is 0 Å². The number of anilines is 2. The number of rotatable bonds is 3. The smallest absolute Gasteiger partial charge is 0.242 e. The third-order valence-electron chi connectivity index (χ3n) is 1.58. The normalized spacial score (nSPS) is 11.9. The molecule has 14 heavy (non-hydrogen) atoms. The van der Waals surface area contributed by atoms with E-state index >= 15 is 0 Å². The summed E-state index contributed by atoms with van der Waals surface area (Å²) in [6.45, 7) is 1.69. The highest BCUT2D eigenvalue weighted by Gasteiger charge is 2.11. The molecule has 1 aromatic heterocycles. The van der Waals surface area contributed by atoms with Crippen molar-refractivity contribution < 1.29 is 4.79 Å². The van der Waals surface area contributed by atoms with Crippen LogP contribution in [0.1, 0.15) is 6.92 Å². The van der Waals surface area contributed by atoms with Crippen LogP contribution in [0, 0.1) is 0 Å². The van der Waals surface area contributed by atoms with E-state index in [0.717, 1.165) is 0 Å². The summed E-state index contributed by atoms with van der Waals surface area (Å²) >= 11 is 0. The average Bonchev–Trinajstić information content (AvgIpc) is 2.16. The summed E-state index contributed by atoms with van der Waals surface area (Å²) in [5.74, 6) is 0.254. The van der Waals surface area contributed by atoms with Gasteiger partial charge in [0.1, 0.15) is 12.4 Å². The molecule has 4 N–H and O–H groups in total. The van der Waals surface area contributed by atoms with Crippen LogP contribution in [0.25, 0.3) is 0 Å². The Bertz CT molecular complexity index is 328. The Labute approximate surface area is 81.2 Å². The molecule has 1 aromatic rings. The molecule has 0 aliphatic carbocycles. The molecule has 7 nitrogen and oxygen atoms in total. The first-order chi connectivity index (χ1) is 6.63. The van der Waals surface area contributed by atoms with Gasteiger partial charge in [0, 0.05) is 7.05 Å². The zero-order chi connectivity index (χ0) is 10.6. The number of carbonyl (C=O) groups excluding carboxylic acids is 1. The monoisotopic (exact) mass is 196 g/mol. The molecular formula is C7H12N6O. The topological polar surface area (TPSA) is 106 Å². The molecule has 76 valence electrons. The molecule has 0 saturated heterocycles. The molecule has 1 atom stereocenters. The number of carbonyl (C=O) groups is 1. The van der Waals surface area contributed by atoms with E-state index in [4.69, 9.17) is 5.73 Å². The number of nitrogen functional groups attached to an aromatic ring is 1. The van der Waals surface area contributed by atoms with E-state index in [0.29, 0.717) is 0 Å². The SMILES string of the molecule is CNC(=O)C(C)Nc1ncnc(N)n1. The minimum absolute atomic E-state index is 0.117. The third kappa shape index (κ3) is 2.54. The van der Waals surface area contributed by atoms with Crippen LogP contribution in [0.5, 0.6) is 0 Å². The first-order valence-corrected chi connectivity index (χ1v) is 4.06. The summed E-state index contributed by atoms with van der Waals surface area (Å²) in [4.78, 5) is 22.3. The Morgan fingerprint density at radius 2 is 2.29 bits per heavy atom. The second-order valence-corrected chi connectivity index (χ2v) is 2.65. The van der Waals surface area contributed by atoms with Crippen LogP contribution in [-0.4, -0.2) is 33.9 Å². The number of hydrogen-bond acceptors (Lipinski definition) is 6. The number of hydrogen-bond donors (Lipinski definition) is 3. The maximum Gasteiger partial charge on any atom is 0.242 e. The van der Waals surface area contributed by atoms with Crippen molar-refractivity contribution in [3.05, 3.63) is 6.33 Å². The Balaban J connectivity index is 2.64. The van der Waals surface area contributed by atoms with Crippen LogP contribution in [-0.2, 0) is 4.79 Å². The van der Waals surface area contributed by atoms with Crippen molar-refractivity contribution in [2.24, 2.45) is 0 Å². The van der Waals surface area contributed by atoms with E-state index in [-0.39, 0.29) is 17.8 Å². The molecule has 1 heterocycles. The minimum Gasteiger partial charge on any atom is -0.368 e. The number of nitrogens with one attached hydrogen (secondary N) is 2. The van der Waals surface area contributed by atoms with Gasteiger partial charge in [0.2, 0.25) is 17.8 Å². The first-order valence-electron chi connectivity index (χ1n) is 4.06. The van der Waals surface area contributed by atoms with Gasteiger partial charge < -0.3 is 16.4 Å². The standard InChI is InChI=1S/C7H12N6O/c1-4(5(14)9-2)12-7-11-3-10-6(8)13-7/h3-4H,1-2H3,(H,9,14)(H3,8,10,11,12,13). The fourth-order valence-corrected chi connectivity index (χ4v) is 0.854. The van der Waals surface area contributed by atoms with Crippen molar-refractivity contribution in [3.63, 3.8) is 0 Å². The highest BCUT2D eigenvalue weighted by atomic mass is 16.2. The molecule has 1 amide bonds. The predicted octanol–water partition coefficient (Wildman–Crippen LogP) is -1.000. The van der Waals surface area contributed by atoms with Crippen LogP contribution < -0.4 is 16.4 Å². The van der Waals surface area contributed by atoms with E-state index in [2.05, 4.69) is 25.6 Å². The maximum atomic E-state index is 11.1. The Morgan fingerprint density at radius 3 is 2.86 bits per heavy atom. The van der Waals surface area contributed by atoms with E-state index in [1.807, 2.05) is 0 Å². The number of nitrogens with two attached hydrogens (primary N) is 1. The summed E-state index contributed by atoms with van der Waals surface area (Å²) in [6.07, 6.45) is 1.28. The second kappa shape index (κ2) is 4.35. The van der Waals surface area contributed by atoms with Crippen LogP contribution in [0.3, 0.4) is 0 Å². The lowest BCUT2D eigenvalue weighted by Gasteiger charge is -2.11. The van der Waals surface area contributed by atoms with Gasteiger partial charge in [0.25, 0.3) is 0 Å². The molecule has 0 saturated carbocycles. The largest absolute Gasteiger partial charge is 0.368 e. The molecule has 0 aliphatic heterocycles. The van der Waals surface area contributed by atoms with Crippen LogP contribution in [0.4, 0.5) is 11.9 Å². The number of aromatic nitrogens is 3. The van der Waals surface area contributed by atoms with Crippen LogP contribution >= 0.6 is 0 Å². The van der Waals surface area contributed by atoms with Crippen molar-refractivity contribution in [1.29, 1.82) is 0 Å². The van der Waals surface area contributed by atoms with E-state index in [1.54, 1.807) is 14.0 Å². The van der Waals surface area contributed by atoms with Crippen molar-refractivity contribution in [3.8, 4) is 0 Å². The lowest BCUT2D eigenvalue weighted by atomic mass is 10.3. The molecule has 0 aromatic carbocycles. The van der Waals surface area contributed by atoms with Gasteiger partial charge in [0.15, 0.2) is 0 Å². The Morgan fingerprint density at radius 1 is 1.57 bits per heavy atom. The quantitative estimate of drug-likeness (QED) is 0.572. The Hall–Kier alpha value is -1.92. The highest BCUT2D eigenvalue weighted by molar-refractivity contribution is 5.83. The van der Waals surface area contributed by atoms with E-state index < -0.39 is 6.04 Å². The van der Waals surface area contributed by atoms with Crippen molar-refractivity contribution in [2.45, 2.75) is 13.0 Å². The molecule has 0 fully saturated rings. The molecular weight excluding hydrogens is 184 g/mol. The second-order valence-electron chi connectivity index (χ2n) is 2.65. The highest BCUT2D eigenvalue weighted by Crippen LogP contribution is 2.00. The molecule has 0 aliphatic rings. The summed E-state index contributed by atoms with van der Waals surface area (Å²) in [5, 5.41) is 5.27. The van der Waals surface area contributed by atoms with Gasteiger partial charge in [-0.1, -0.05) is 0 Å². The van der Waals surface area contributed by atoms with Crippen LogP contribution in [0.2, 0.25) is 0 Å². The van der Waals surface area contributed by atoms with Gasteiger partial charge in [-0.2, -0.15) is 4.98 Å². The fourth-order valence-electron chi connectivity index (χ4n) is 0.854. The summed E-state index contributed by atoms with van der Waals surface area (Å²) < 4.78 is 0. The first kappa shape index (κ1) is 10.2. The average molecular weight is 196 g/mol. The molecule has 0 spiro atoms. The molecule has 0 radical (unpaired) electrons. The third-order valence-corrected chi connectivity index (χ3v) is 1.58. The van der Waals surface area contributed by atoms with Gasteiger partial charge in [-0.05, 0) is 6.92 Å². The minimum atomic E-state index is -0.415. The van der Waals surface area contributed by atoms with Crippen LogP contribution in [0.15, 0.2) is 6.33 Å². The van der Waals surface area contributed by atoms with E-state index in [9.17, 15) is 4.79 Å². The van der Waals surface area contributed by atoms with Gasteiger partial charge >= 0.3 is 0 Å². The van der Waals surface area contributed by atoms with Gasteiger partial charge in [-0.25, -0.2) is 9.97 Å². The molecule has 7 heteroatoms. The fraction of sp³-hybridized carbons (Fsp3) is 0.429. The predicted molar refractivity (Wildman–Crippen MR) is 51.4 cm³/mol. The van der Waals surface area contributed by atoms with Gasteiger partial charge in [0.05, 0.1) is 0 Å². The Kier molecular flexibility index (Phi) is 3.16. The summed E-state index contributed by atoms with van der Waals surface area (Å²) in [5.41, 5.74) is 5.34. The lowest BCUT2D eigenvalue weighted by molar-refractivity contribution is -0.121. The number of amides is 1. The zero-order valence-corrected chi connectivity index (χ0v) is 7.98. The summed E-state index contributed by atoms with van der Waals surface area (Å²) in [6, 6.07) is -0.415. The lowest BCUT2D eigenvalue weighted by Crippen LogP contribution is -2.35. The maximum absolute atomic E-state index is 11.1. The van der Waals surface area contributed by atoms with Crippen molar-refractivity contribution in [1.82, 2.24) is 20.3 Å². The molecule has 0 bridgehead atoms. The zero-order valence-electron chi connectivity index (χ0n) is 7.98. The molecule has 1 unspecified atom stereocenters. The van der Waals surface area contributed by atoms with E-state index in [1.165, 1.54) is 6.33 Å².